The van der Waals surface area contributed by atoms with Crippen LogP contribution in [-0.4, -0.2) is 25.6 Å². The van der Waals surface area contributed by atoms with E-state index in [4.69, 9.17) is 24.1 Å². The molecule has 0 aliphatic heterocycles. The quantitative estimate of drug-likeness (QED) is 0.532. The third-order valence-electron chi connectivity index (χ3n) is 2.51. The van der Waals surface area contributed by atoms with E-state index in [1.807, 2.05) is 0 Å². The second-order valence-corrected chi connectivity index (χ2v) is 5.86. The Kier molecular flexibility index (Phi) is 5.63. The fourth-order valence-electron chi connectivity index (χ4n) is 1.65. The van der Waals surface area contributed by atoms with Crippen molar-refractivity contribution in [2.75, 3.05) is 11.5 Å². The highest BCUT2D eigenvalue weighted by Crippen LogP contribution is 2.29. The van der Waals surface area contributed by atoms with Crippen LogP contribution in [0.1, 0.15) is 0 Å². The largest absolute Gasteiger partial charge is 0.425 e. The molecule has 0 radical (unpaired) electrons. The minimum Gasteiger partial charge on any atom is -0.399 e. The topological polar surface area (TPSA) is 158 Å². The summed E-state index contributed by atoms with van der Waals surface area (Å²) in [6, 6.07) is 11.0. The van der Waals surface area contributed by atoms with Crippen molar-refractivity contribution in [2.24, 2.45) is 0 Å². The number of benzene rings is 2. The van der Waals surface area contributed by atoms with E-state index < -0.39 is 20.7 Å². The third kappa shape index (κ3) is 5.16. The van der Waals surface area contributed by atoms with Crippen LogP contribution in [-0.2, 0) is 20.7 Å². The minimum atomic E-state index is -4.33. The Bertz CT molecular complexity index is 868. The van der Waals surface area contributed by atoms with E-state index in [9.17, 15) is 13.0 Å². The van der Waals surface area contributed by atoms with Gasteiger partial charge in [-0.3, -0.25) is 4.55 Å². The van der Waals surface area contributed by atoms with Crippen molar-refractivity contribution in [3.05, 3.63) is 42.5 Å². The van der Waals surface area contributed by atoms with Gasteiger partial charge in [0.05, 0.1) is 0 Å². The summed E-state index contributed by atoms with van der Waals surface area (Å²) >= 11 is 0. The standard InChI is InChI=1S/C12H12N2O3S.O3S/c13-9-3-1-8(2-4-9)11-6-5-10(14)7-12(11)18(15,16)17;1-4(2)3/h1-7H,13-14H2,(H,15,16,17);. The zero-order valence-electron chi connectivity index (χ0n) is 11.0. The van der Waals surface area contributed by atoms with Crippen LogP contribution in [0.25, 0.3) is 11.1 Å². The average Bonchev–Trinajstić information content (AvgIpc) is 2.38. The Morgan fingerprint density at radius 1 is 0.864 bits per heavy atom. The second kappa shape index (κ2) is 7.02. The summed E-state index contributed by atoms with van der Waals surface area (Å²) in [6.07, 6.45) is 0. The van der Waals surface area contributed by atoms with E-state index >= 15 is 0 Å². The van der Waals surface area contributed by atoms with Crippen LogP contribution in [0, 0.1) is 0 Å². The maximum Gasteiger partial charge on any atom is 0.425 e. The molecule has 0 atom stereocenters. The lowest BCUT2D eigenvalue weighted by Crippen LogP contribution is -2.02. The summed E-state index contributed by atoms with van der Waals surface area (Å²) in [6.45, 7) is 0. The molecule has 22 heavy (non-hydrogen) atoms. The average molecular weight is 344 g/mol. The van der Waals surface area contributed by atoms with Gasteiger partial charge in [-0.25, -0.2) is 0 Å². The first-order valence-electron chi connectivity index (χ1n) is 5.61. The molecular weight excluding hydrogens is 332 g/mol. The Labute approximate surface area is 128 Å². The van der Waals surface area contributed by atoms with Gasteiger partial charge in [-0.05, 0) is 29.8 Å². The lowest BCUT2D eigenvalue weighted by atomic mass is 10.1. The summed E-state index contributed by atoms with van der Waals surface area (Å²) in [4.78, 5) is -0.215. The first kappa shape index (κ1) is 17.6. The van der Waals surface area contributed by atoms with Crippen LogP contribution in [0.4, 0.5) is 11.4 Å². The summed E-state index contributed by atoms with van der Waals surface area (Å²) in [5.74, 6) is 0. The molecule has 0 heterocycles. The number of rotatable bonds is 2. The van der Waals surface area contributed by atoms with Crippen LogP contribution in [0.3, 0.4) is 0 Å². The van der Waals surface area contributed by atoms with Crippen LogP contribution in [0.5, 0.6) is 0 Å². The predicted octanol–water partition coefficient (Wildman–Crippen LogP) is 0.761. The van der Waals surface area contributed by atoms with Gasteiger partial charge in [0, 0.05) is 16.9 Å². The predicted molar refractivity (Wildman–Crippen MR) is 80.2 cm³/mol. The van der Waals surface area contributed by atoms with Crippen molar-refractivity contribution in [1.29, 1.82) is 0 Å². The Balaban J connectivity index is 0.000000541. The van der Waals surface area contributed by atoms with E-state index in [0.29, 0.717) is 16.8 Å². The van der Waals surface area contributed by atoms with E-state index in [-0.39, 0.29) is 10.6 Å². The van der Waals surface area contributed by atoms with Crippen molar-refractivity contribution < 1.29 is 25.6 Å². The summed E-state index contributed by atoms with van der Waals surface area (Å²) < 4.78 is 57.2. The highest BCUT2D eigenvalue weighted by molar-refractivity contribution is 7.86. The van der Waals surface area contributed by atoms with Crippen molar-refractivity contribution in [3.8, 4) is 11.1 Å². The second-order valence-electron chi connectivity index (χ2n) is 4.06. The van der Waals surface area contributed by atoms with E-state index in [0.717, 1.165) is 0 Å². The number of nitrogens with two attached hydrogens (primary N) is 2. The minimum absolute atomic E-state index is 0.215. The maximum atomic E-state index is 11.3. The fraction of sp³-hybridized carbons (Fsp3) is 0. The van der Waals surface area contributed by atoms with Gasteiger partial charge in [0.25, 0.3) is 10.1 Å². The zero-order valence-corrected chi connectivity index (χ0v) is 12.6. The number of hydrogen-bond donors (Lipinski definition) is 3. The van der Waals surface area contributed by atoms with Crippen LogP contribution >= 0.6 is 0 Å². The molecule has 8 nitrogen and oxygen atoms in total. The van der Waals surface area contributed by atoms with E-state index in [2.05, 4.69) is 0 Å². The van der Waals surface area contributed by atoms with Crippen LogP contribution in [0.15, 0.2) is 47.4 Å². The monoisotopic (exact) mass is 344 g/mol. The first-order valence-corrected chi connectivity index (χ1v) is 8.05. The fourth-order valence-corrected chi connectivity index (χ4v) is 2.40. The van der Waals surface area contributed by atoms with E-state index in [1.54, 1.807) is 36.4 Å². The van der Waals surface area contributed by atoms with Crippen LogP contribution < -0.4 is 11.5 Å². The summed E-state index contributed by atoms with van der Waals surface area (Å²) in [5, 5.41) is 0. The molecule has 2 aromatic rings. The molecule has 0 aromatic heterocycles. The Morgan fingerprint density at radius 2 is 1.32 bits per heavy atom. The highest BCUT2D eigenvalue weighted by Gasteiger charge is 2.16. The van der Waals surface area contributed by atoms with Gasteiger partial charge in [0.2, 0.25) is 0 Å². The molecule has 5 N–H and O–H groups in total. The molecule has 0 amide bonds. The van der Waals surface area contributed by atoms with Crippen molar-refractivity contribution in [3.63, 3.8) is 0 Å². The molecule has 0 bridgehead atoms. The number of anilines is 2. The molecule has 2 aromatic carbocycles. The molecular formula is C12H12N2O6S2. The molecule has 10 heteroatoms. The molecule has 2 rings (SSSR count). The summed E-state index contributed by atoms with van der Waals surface area (Å²) in [5.41, 5.74) is 13.0. The molecule has 118 valence electrons. The van der Waals surface area contributed by atoms with Gasteiger partial charge >= 0.3 is 10.6 Å². The molecule has 0 saturated carbocycles. The van der Waals surface area contributed by atoms with Gasteiger partial charge in [0.1, 0.15) is 4.90 Å². The molecule has 0 unspecified atom stereocenters. The SMILES string of the molecule is Nc1ccc(-c2ccc(N)cc2S(=O)(=O)O)cc1.O=S(=O)=O. The van der Waals surface area contributed by atoms with Crippen molar-refractivity contribution >= 4 is 32.1 Å². The summed E-state index contributed by atoms with van der Waals surface area (Å²) in [7, 11) is -7.44. The van der Waals surface area contributed by atoms with Gasteiger partial charge in [-0.15, -0.1) is 12.6 Å². The first-order chi connectivity index (χ1) is 10.1. The molecule has 0 fully saturated rings. The van der Waals surface area contributed by atoms with Gasteiger partial charge in [-0.1, -0.05) is 18.2 Å². The smallest absolute Gasteiger partial charge is 0.399 e. The molecule has 0 spiro atoms. The van der Waals surface area contributed by atoms with Crippen molar-refractivity contribution in [2.45, 2.75) is 4.90 Å². The normalized spacial score (nSPS) is 10.4. The van der Waals surface area contributed by atoms with Gasteiger partial charge in [0.15, 0.2) is 0 Å². The van der Waals surface area contributed by atoms with Gasteiger partial charge in [-0.2, -0.15) is 8.42 Å². The zero-order chi connectivity index (χ0) is 16.9. The molecule has 0 aliphatic rings. The number of hydrogen-bond acceptors (Lipinski definition) is 7. The third-order valence-corrected chi connectivity index (χ3v) is 3.40. The number of nitrogen functional groups attached to an aromatic ring is 2. The molecule has 0 aliphatic carbocycles. The lowest BCUT2D eigenvalue weighted by molar-refractivity contribution is 0.483. The van der Waals surface area contributed by atoms with Crippen molar-refractivity contribution in [1.82, 2.24) is 0 Å². The lowest BCUT2D eigenvalue weighted by Gasteiger charge is -2.08. The van der Waals surface area contributed by atoms with Crippen LogP contribution in [0.2, 0.25) is 0 Å². The highest BCUT2D eigenvalue weighted by atomic mass is 32.2. The van der Waals surface area contributed by atoms with E-state index in [1.165, 1.54) is 6.07 Å². The Hall–Kier alpha value is -2.43. The maximum absolute atomic E-state index is 11.3. The molecule has 0 saturated heterocycles. The van der Waals surface area contributed by atoms with Gasteiger partial charge < -0.3 is 11.5 Å². The Morgan fingerprint density at radius 3 is 1.77 bits per heavy atom.